The van der Waals surface area contributed by atoms with Crippen LogP contribution < -0.4 is 39.5 Å². The number of nitrogens with one attached hydrogen (secondary N) is 6. The molecule has 2 amide bonds. The normalized spacial score (nSPS) is 11.8. The van der Waals surface area contributed by atoms with Crippen molar-refractivity contribution in [1.29, 1.82) is 0 Å². The van der Waals surface area contributed by atoms with E-state index in [1.165, 1.54) is 0 Å². The fraction of sp³-hybridized carbons (Fsp3) is 0.0714. The van der Waals surface area contributed by atoms with Gasteiger partial charge in [0.25, 0.3) is 0 Å². The summed E-state index contributed by atoms with van der Waals surface area (Å²) in [5, 5.41) is 0. The third-order valence-corrected chi connectivity index (χ3v) is 6.90. The molecule has 0 aliphatic carbocycles. The van der Waals surface area contributed by atoms with Crippen molar-refractivity contribution < 1.29 is 26.4 Å². The van der Waals surface area contributed by atoms with Gasteiger partial charge in [-0.2, -0.15) is 8.42 Å². The lowest BCUT2D eigenvalue weighted by Gasteiger charge is -2.12. The number of hydrogen-bond donors (Lipinski definition) is 6. The molecule has 0 bridgehead atoms. The highest BCUT2D eigenvalue weighted by Crippen LogP contribution is 2.18. The Hall–Kier alpha value is -5.08. The predicted octanol–water partition coefficient (Wildman–Crippen LogP) is 4.03. The van der Waals surface area contributed by atoms with Gasteiger partial charge in [-0.15, -0.1) is 0 Å². The maximum atomic E-state index is 12.2. The van der Waals surface area contributed by atoms with Crippen LogP contribution in [-0.4, -0.2) is 20.2 Å². The van der Waals surface area contributed by atoms with E-state index < -0.39 is 34.3 Å². The summed E-state index contributed by atoms with van der Waals surface area (Å²) in [7, 11) is 0. The van der Waals surface area contributed by atoms with Crippen LogP contribution in [0.2, 0.25) is 0 Å². The molecule has 0 radical (unpaired) electrons. The first-order valence-corrected chi connectivity index (χ1v) is 14.6. The zero-order valence-corrected chi connectivity index (χ0v) is 24.1. The Morgan fingerprint density at radius 1 is 0.500 bits per heavy atom. The van der Waals surface area contributed by atoms with Crippen LogP contribution in [-0.2, 0) is 32.1 Å². The minimum atomic E-state index is -1.81. The number of rotatable bonds is 12. The van der Waals surface area contributed by atoms with Gasteiger partial charge in [-0.25, -0.2) is 0 Å². The standard InChI is InChI=1S/C28H28N6O6S2/c1-19-3-15-25(16-4-19)39-41(37)33-23-11-7-21(8-12-23)29-31-27(35)28(36)32-30-22-9-13-24(14-10-22)34-42(38)40-26-17-5-20(2)6-18-26/h3-18,29-30,33-34H,1-2H3,(H,31,35)(H,32,36). The Morgan fingerprint density at radius 2 is 0.810 bits per heavy atom. The zero-order valence-electron chi connectivity index (χ0n) is 22.5. The van der Waals surface area contributed by atoms with Gasteiger partial charge >= 0.3 is 34.3 Å². The zero-order chi connectivity index (χ0) is 29.9. The highest BCUT2D eigenvalue weighted by Gasteiger charge is 2.13. The smallest absolute Gasteiger partial charge is 0.329 e. The molecule has 0 aliphatic rings. The van der Waals surface area contributed by atoms with Crippen molar-refractivity contribution in [1.82, 2.24) is 10.9 Å². The summed E-state index contributed by atoms with van der Waals surface area (Å²) in [6.45, 7) is 3.88. The van der Waals surface area contributed by atoms with Gasteiger partial charge in [0.05, 0.1) is 11.4 Å². The Labute approximate surface area is 247 Å². The number of benzene rings is 4. The first-order chi connectivity index (χ1) is 20.2. The first-order valence-electron chi connectivity index (χ1n) is 12.4. The van der Waals surface area contributed by atoms with Gasteiger partial charge in [0.15, 0.2) is 0 Å². The molecule has 0 saturated carbocycles. The molecular formula is C28H28N6O6S2. The molecule has 6 N–H and O–H groups in total. The molecule has 0 fully saturated rings. The summed E-state index contributed by atoms with van der Waals surface area (Å²) >= 11 is -3.61. The molecule has 4 aromatic rings. The van der Waals surface area contributed by atoms with E-state index in [9.17, 15) is 18.0 Å². The van der Waals surface area contributed by atoms with E-state index in [0.717, 1.165) is 11.1 Å². The van der Waals surface area contributed by atoms with Crippen LogP contribution in [0.25, 0.3) is 0 Å². The van der Waals surface area contributed by atoms with Crippen LogP contribution in [0.15, 0.2) is 97.1 Å². The van der Waals surface area contributed by atoms with Crippen molar-refractivity contribution in [2.75, 3.05) is 20.3 Å². The maximum absolute atomic E-state index is 12.2. The second-order valence-electron chi connectivity index (χ2n) is 8.78. The third-order valence-electron chi connectivity index (χ3n) is 5.40. The van der Waals surface area contributed by atoms with E-state index in [0.29, 0.717) is 34.2 Å². The molecular weight excluding hydrogens is 580 g/mol. The molecule has 2 unspecified atom stereocenters. The number of carbonyl (C=O) groups is 2. The summed E-state index contributed by atoms with van der Waals surface area (Å²) in [5.74, 6) is -0.961. The maximum Gasteiger partial charge on any atom is 0.329 e. The number of amides is 2. The van der Waals surface area contributed by atoms with Crippen molar-refractivity contribution in [3.8, 4) is 11.5 Å². The van der Waals surface area contributed by atoms with Crippen LogP contribution in [0.3, 0.4) is 0 Å². The van der Waals surface area contributed by atoms with Crippen LogP contribution in [0.1, 0.15) is 11.1 Å². The number of hydrogen-bond acceptors (Lipinski definition) is 8. The van der Waals surface area contributed by atoms with Crippen LogP contribution >= 0.6 is 0 Å². The quantitative estimate of drug-likeness (QED) is 0.104. The average molecular weight is 609 g/mol. The van der Waals surface area contributed by atoms with Crippen molar-refractivity contribution in [3.05, 3.63) is 108 Å². The molecule has 14 heteroatoms. The molecule has 2 atom stereocenters. The Morgan fingerprint density at radius 3 is 1.14 bits per heavy atom. The van der Waals surface area contributed by atoms with E-state index in [-0.39, 0.29) is 0 Å². The number of anilines is 4. The lowest BCUT2D eigenvalue weighted by molar-refractivity contribution is -0.138. The molecule has 0 saturated heterocycles. The van der Waals surface area contributed by atoms with Gasteiger partial charge in [0.1, 0.15) is 11.5 Å². The largest absolute Gasteiger partial charge is 0.385 e. The summed E-state index contributed by atoms with van der Waals surface area (Å²) in [4.78, 5) is 24.3. The van der Waals surface area contributed by atoms with E-state index in [1.807, 2.05) is 38.1 Å². The molecule has 0 spiro atoms. The van der Waals surface area contributed by atoms with Gasteiger partial charge in [-0.05, 0) is 86.6 Å². The van der Waals surface area contributed by atoms with E-state index in [2.05, 4.69) is 31.1 Å². The minimum Gasteiger partial charge on any atom is -0.385 e. The molecule has 0 heterocycles. The summed E-state index contributed by atoms with van der Waals surface area (Å²) in [6, 6.07) is 27.2. The van der Waals surface area contributed by atoms with E-state index in [1.54, 1.807) is 72.8 Å². The third kappa shape index (κ3) is 9.53. The van der Waals surface area contributed by atoms with Gasteiger partial charge in [-0.1, -0.05) is 35.4 Å². The lowest BCUT2D eigenvalue weighted by atomic mass is 10.2. The Balaban J connectivity index is 1.15. The van der Waals surface area contributed by atoms with Crippen molar-refractivity contribution in [3.63, 3.8) is 0 Å². The van der Waals surface area contributed by atoms with Gasteiger partial charge < -0.3 is 8.37 Å². The van der Waals surface area contributed by atoms with Crippen LogP contribution in [0, 0.1) is 13.8 Å². The van der Waals surface area contributed by atoms with Crippen LogP contribution in [0.4, 0.5) is 22.7 Å². The second kappa shape index (κ2) is 14.5. The molecule has 0 aromatic heterocycles. The fourth-order valence-electron chi connectivity index (χ4n) is 3.21. The number of carbonyl (C=O) groups excluding carboxylic acids is 2. The molecule has 218 valence electrons. The van der Waals surface area contributed by atoms with E-state index in [4.69, 9.17) is 8.37 Å². The highest BCUT2D eigenvalue weighted by atomic mass is 32.2. The second-order valence-corrected chi connectivity index (χ2v) is 10.5. The monoisotopic (exact) mass is 608 g/mol. The van der Waals surface area contributed by atoms with Crippen molar-refractivity contribution in [2.24, 2.45) is 0 Å². The SMILES string of the molecule is Cc1ccc(OS(=O)Nc2ccc(NNC(=O)C(=O)NNc3ccc(NS(=O)Oc4ccc(C)cc4)cc3)cc2)cc1. The topological polar surface area (TPSA) is 159 Å². The molecule has 4 aromatic carbocycles. The molecule has 12 nitrogen and oxygen atoms in total. The minimum absolute atomic E-state index is 0.464. The van der Waals surface area contributed by atoms with Gasteiger partial charge in [0, 0.05) is 11.4 Å². The fourth-order valence-corrected chi connectivity index (χ4v) is 4.52. The summed E-state index contributed by atoms with van der Waals surface area (Å²) < 4.78 is 40.4. The molecule has 4 rings (SSSR count). The lowest BCUT2D eigenvalue weighted by Crippen LogP contribution is -2.44. The van der Waals surface area contributed by atoms with Crippen LogP contribution in [0.5, 0.6) is 11.5 Å². The predicted molar refractivity (Wildman–Crippen MR) is 164 cm³/mol. The highest BCUT2D eigenvalue weighted by molar-refractivity contribution is 7.82. The van der Waals surface area contributed by atoms with Gasteiger partial charge in [0.2, 0.25) is 0 Å². The van der Waals surface area contributed by atoms with E-state index >= 15 is 0 Å². The number of aryl methyl sites for hydroxylation is 2. The average Bonchev–Trinajstić information content (AvgIpc) is 2.98. The first kappa shape index (κ1) is 29.9. The summed E-state index contributed by atoms with van der Waals surface area (Å²) in [6.07, 6.45) is 0. The summed E-state index contributed by atoms with van der Waals surface area (Å²) in [5.41, 5.74) is 13.9. The van der Waals surface area contributed by atoms with Crippen molar-refractivity contribution >= 4 is 57.1 Å². The molecule has 0 aliphatic heterocycles. The van der Waals surface area contributed by atoms with Gasteiger partial charge in [-0.3, -0.25) is 40.7 Å². The Bertz CT molecular complexity index is 1430. The van der Waals surface area contributed by atoms with Crippen molar-refractivity contribution in [2.45, 2.75) is 13.8 Å². The molecule has 42 heavy (non-hydrogen) atoms. The Kier molecular flexibility index (Phi) is 10.3. The number of hydrazine groups is 2.